The molecule has 6 fully saturated rings. The fourth-order valence-electron chi connectivity index (χ4n) is 8.25. The van der Waals surface area contributed by atoms with Crippen LogP contribution in [0.15, 0.2) is 0 Å². The summed E-state index contributed by atoms with van der Waals surface area (Å²) in [5.41, 5.74) is -3.87. The lowest BCUT2D eigenvalue weighted by Gasteiger charge is -2.45. The Bertz CT molecular complexity index is 840. The van der Waals surface area contributed by atoms with E-state index in [0.29, 0.717) is 19.3 Å². The standard InChI is InChI=1S/C20H24O8/c1-17-12-10(15(24)26-2)19-5-9(22)18(6-19,7-21)4-3-8(19)20(12,28-16(17)25)14-11(27-14)13(17)23/h8,10-14,21,23H,3-7H2,1-2H3. The lowest BCUT2D eigenvalue weighted by molar-refractivity contribution is -0.168. The van der Waals surface area contributed by atoms with E-state index in [2.05, 4.69) is 0 Å². The number of Topliss-reactive ketones (excluding diaryl/α,β-unsaturated/α-hetero) is 1. The molecule has 2 N–H and O–H groups in total. The maximum Gasteiger partial charge on any atom is 0.315 e. The van der Waals surface area contributed by atoms with Crippen molar-refractivity contribution in [1.29, 1.82) is 0 Å². The highest BCUT2D eigenvalue weighted by Crippen LogP contribution is 2.80. The molecule has 0 aromatic carbocycles. The summed E-state index contributed by atoms with van der Waals surface area (Å²) in [5, 5.41) is 21.0. The Labute approximate surface area is 161 Å². The Morgan fingerprint density at radius 3 is 2.79 bits per heavy atom. The zero-order chi connectivity index (χ0) is 19.9. The molecule has 0 amide bonds. The summed E-state index contributed by atoms with van der Waals surface area (Å²) in [5.74, 6) is -2.58. The monoisotopic (exact) mass is 392 g/mol. The molecule has 8 heteroatoms. The van der Waals surface area contributed by atoms with Crippen molar-refractivity contribution in [2.75, 3.05) is 13.7 Å². The molecule has 6 aliphatic rings. The van der Waals surface area contributed by atoms with Gasteiger partial charge in [-0.15, -0.1) is 0 Å². The topological polar surface area (TPSA) is 123 Å². The maximum absolute atomic E-state index is 13.1. The maximum atomic E-state index is 13.1. The van der Waals surface area contributed by atoms with E-state index in [1.165, 1.54) is 7.11 Å². The lowest BCUT2D eigenvalue weighted by Crippen LogP contribution is -2.57. The number of ketones is 1. The van der Waals surface area contributed by atoms with Gasteiger partial charge in [0.25, 0.3) is 0 Å². The molecule has 6 rings (SSSR count). The van der Waals surface area contributed by atoms with Gasteiger partial charge in [0.1, 0.15) is 29.0 Å². The molecule has 4 bridgehead atoms. The molecule has 2 aliphatic heterocycles. The molecular formula is C20H24O8. The zero-order valence-electron chi connectivity index (χ0n) is 15.8. The first-order valence-electron chi connectivity index (χ1n) is 10.0. The summed E-state index contributed by atoms with van der Waals surface area (Å²) in [4.78, 5) is 39.1. The smallest absolute Gasteiger partial charge is 0.315 e. The van der Waals surface area contributed by atoms with Crippen molar-refractivity contribution in [2.24, 2.45) is 34.0 Å². The molecule has 2 saturated heterocycles. The molecule has 0 aromatic heterocycles. The van der Waals surface area contributed by atoms with Crippen molar-refractivity contribution in [3.63, 3.8) is 0 Å². The van der Waals surface area contributed by atoms with E-state index in [-0.39, 0.29) is 24.7 Å². The average Bonchev–Trinajstić information content (AvgIpc) is 3.36. The van der Waals surface area contributed by atoms with Crippen LogP contribution in [0.3, 0.4) is 0 Å². The third-order valence-corrected chi connectivity index (χ3v) is 9.35. The molecule has 0 radical (unpaired) electrons. The van der Waals surface area contributed by atoms with Crippen molar-refractivity contribution in [1.82, 2.24) is 0 Å². The van der Waals surface area contributed by atoms with Gasteiger partial charge in [-0.3, -0.25) is 14.4 Å². The van der Waals surface area contributed by atoms with Gasteiger partial charge in [0.15, 0.2) is 0 Å². The number of fused-ring (bicyclic) bond motifs is 2. The van der Waals surface area contributed by atoms with Crippen LogP contribution in [-0.4, -0.2) is 65.6 Å². The summed E-state index contributed by atoms with van der Waals surface area (Å²) >= 11 is 0. The summed E-state index contributed by atoms with van der Waals surface area (Å²) in [6, 6.07) is 0. The van der Waals surface area contributed by atoms with Gasteiger partial charge in [-0.05, 0) is 31.6 Å². The number of carbonyl (C=O) groups excluding carboxylic acids is 3. The minimum absolute atomic E-state index is 0.0254. The van der Waals surface area contributed by atoms with Gasteiger partial charge in [-0.2, -0.15) is 0 Å². The predicted molar refractivity (Wildman–Crippen MR) is 89.5 cm³/mol. The predicted octanol–water partition coefficient (Wildman–Crippen LogP) is -0.413. The normalized spacial score (nSPS) is 60.0. The fraction of sp³-hybridized carbons (Fsp3) is 0.850. The summed E-state index contributed by atoms with van der Waals surface area (Å²) in [6.45, 7) is 1.42. The van der Waals surface area contributed by atoms with E-state index in [9.17, 15) is 24.6 Å². The Morgan fingerprint density at radius 2 is 2.11 bits per heavy atom. The molecule has 1 spiro atoms. The molecule has 0 aromatic rings. The van der Waals surface area contributed by atoms with Crippen LogP contribution in [0.25, 0.3) is 0 Å². The van der Waals surface area contributed by atoms with Crippen LogP contribution in [0.2, 0.25) is 0 Å². The molecule has 4 aliphatic carbocycles. The number of epoxide rings is 1. The molecule has 152 valence electrons. The number of carbonyl (C=O) groups is 3. The van der Waals surface area contributed by atoms with E-state index >= 15 is 0 Å². The number of aliphatic hydroxyl groups excluding tert-OH is 2. The molecule has 4 saturated carbocycles. The highest BCUT2D eigenvalue weighted by molar-refractivity contribution is 5.92. The third-order valence-electron chi connectivity index (χ3n) is 9.35. The van der Waals surface area contributed by atoms with Crippen LogP contribution in [0.5, 0.6) is 0 Å². The second-order valence-corrected chi connectivity index (χ2v) is 10.0. The van der Waals surface area contributed by atoms with Gasteiger partial charge in [-0.1, -0.05) is 0 Å². The number of aliphatic hydroxyl groups is 2. The van der Waals surface area contributed by atoms with Gasteiger partial charge in [-0.25, -0.2) is 0 Å². The molecule has 8 nitrogen and oxygen atoms in total. The second-order valence-electron chi connectivity index (χ2n) is 10.0. The molecule has 2 heterocycles. The van der Waals surface area contributed by atoms with Crippen molar-refractivity contribution < 1.29 is 38.8 Å². The second kappa shape index (κ2) is 4.63. The van der Waals surface area contributed by atoms with E-state index in [1.54, 1.807) is 6.92 Å². The van der Waals surface area contributed by atoms with Gasteiger partial charge in [0.2, 0.25) is 0 Å². The largest absolute Gasteiger partial charge is 0.469 e. The van der Waals surface area contributed by atoms with Gasteiger partial charge >= 0.3 is 11.9 Å². The lowest BCUT2D eigenvalue weighted by atomic mass is 9.59. The van der Waals surface area contributed by atoms with Crippen LogP contribution in [0.1, 0.15) is 32.6 Å². The zero-order valence-corrected chi connectivity index (χ0v) is 15.8. The van der Waals surface area contributed by atoms with Gasteiger partial charge < -0.3 is 24.4 Å². The first-order chi connectivity index (χ1) is 13.2. The SMILES string of the molecule is COC(=O)C1C2C3(C)C(=O)OC2(C2OC2C3O)C2CCC3(CO)CC12CC3=O. The molecular weight excluding hydrogens is 368 g/mol. The first kappa shape index (κ1) is 17.4. The van der Waals surface area contributed by atoms with E-state index < -0.39 is 63.9 Å². The fourth-order valence-corrected chi connectivity index (χ4v) is 8.25. The Hall–Kier alpha value is -1.51. The van der Waals surface area contributed by atoms with E-state index in [4.69, 9.17) is 14.2 Å². The molecule has 28 heavy (non-hydrogen) atoms. The number of esters is 2. The Balaban J connectivity index is 1.61. The van der Waals surface area contributed by atoms with Crippen molar-refractivity contribution in [2.45, 2.75) is 56.5 Å². The number of rotatable bonds is 2. The number of ether oxygens (including phenoxy) is 3. The van der Waals surface area contributed by atoms with Crippen molar-refractivity contribution in [3.8, 4) is 0 Å². The summed E-state index contributed by atoms with van der Waals surface area (Å²) < 4.78 is 17.0. The first-order valence-corrected chi connectivity index (χ1v) is 10.0. The summed E-state index contributed by atoms with van der Waals surface area (Å²) in [6.07, 6.45) is -0.373. The number of methoxy groups -OCH3 is 1. The Kier molecular flexibility index (Phi) is 2.87. The van der Waals surface area contributed by atoms with Gasteiger partial charge in [0, 0.05) is 18.3 Å². The minimum Gasteiger partial charge on any atom is -0.469 e. The number of hydrogen-bond donors (Lipinski definition) is 2. The third kappa shape index (κ3) is 1.42. The Morgan fingerprint density at radius 1 is 1.36 bits per heavy atom. The van der Waals surface area contributed by atoms with Gasteiger partial charge in [0.05, 0.1) is 31.2 Å². The quantitative estimate of drug-likeness (QED) is 0.480. The minimum atomic E-state index is -1.28. The van der Waals surface area contributed by atoms with Crippen LogP contribution in [-0.2, 0) is 28.6 Å². The highest BCUT2D eigenvalue weighted by atomic mass is 16.7. The average molecular weight is 392 g/mol. The van der Waals surface area contributed by atoms with Crippen LogP contribution in [0.4, 0.5) is 0 Å². The van der Waals surface area contributed by atoms with E-state index in [0.717, 1.165) is 0 Å². The number of hydrogen-bond acceptors (Lipinski definition) is 8. The highest BCUT2D eigenvalue weighted by Gasteiger charge is 2.91. The van der Waals surface area contributed by atoms with Crippen LogP contribution < -0.4 is 0 Å². The van der Waals surface area contributed by atoms with Crippen LogP contribution >= 0.6 is 0 Å². The molecule has 10 unspecified atom stereocenters. The van der Waals surface area contributed by atoms with E-state index in [1.807, 2.05) is 0 Å². The van der Waals surface area contributed by atoms with Crippen molar-refractivity contribution >= 4 is 17.7 Å². The van der Waals surface area contributed by atoms with Crippen molar-refractivity contribution in [3.05, 3.63) is 0 Å². The molecule has 10 atom stereocenters. The van der Waals surface area contributed by atoms with Crippen LogP contribution in [0, 0.1) is 34.0 Å². The summed E-state index contributed by atoms with van der Waals surface area (Å²) in [7, 11) is 1.31.